The Morgan fingerprint density at radius 2 is 1.80 bits per heavy atom. The van der Waals surface area contributed by atoms with Gasteiger partial charge in [-0.05, 0) is 59.1 Å². The minimum Gasteiger partial charge on any atom is -0.339 e. The highest BCUT2D eigenvalue weighted by Crippen LogP contribution is 2.24. The third-order valence-electron chi connectivity index (χ3n) is 3.67. The number of anilines is 3. The summed E-state index contributed by atoms with van der Waals surface area (Å²) in [7, 11) is 0. The number of aryl methyl sites for hydroxylation is 2. The molecule has 126 valence electrons. The molecule has 0 aliphatic carbocycles. The molecule has 2 aromatic carbocycles. The van der Waals surface area contributed by atoms with Crippen LogP contribution in [-0.2, 0) is 0 Å². The van der Waals surface area contributed by atoms with Crippen LogP contribution in [0.2, 0.25) is 0 Å². The van der Waals surface area contributed by atoms with Crippen molar-refractivity contribution in [2.45, 2.75) is 13.8 Å². The molecule has 0 unspecified atom stereocenters. The van der Waals surface area contributed by atoms with E-state index >= 15 is 0 Å². The van der Waals surface area contributed by atoms with Gasteiger partial charge in [0.2, 0.25) is 0 Å². The van der Waals surface area contributed by atoms with Crippen molar-refractivity contribution >= 4 is 39.0 Å². The van der Waals surface area contributed by atoms with Gasteiger partial charge in [0.05, 0.1) is 18.1 Å². The Morgan fingerprint density at radius 3 is 2.48 bits per heavy atom. The molecule has 0 saturated heterocycles. The van der Waals surface area contributed by atoms with Crippen LogP contribution in [0.4, 0.5) is 17.2 Å². The smallest absolute Gasteiger partial charge is 0.275 e. The summed E-state index contributed by atoms with van der Waals surface area (Å²) in [5.74, 6) is 0.280. The van der Waals surface area contributed by atoms with E-state index in [2.05, 4.69) is 36.5 Å². The van der Waals surface area contributed by atoms with Crippen LogP contribution in [0.25, 0.3) is 0 Å². The van der Waals surface area contributed by atoms with Gasteiger partial charge in [-0.1, -0.05) is 24.3 Å². The maximum atomic E-state index is 12.3. The number of hydrogen-bond donors (Lipinski definition) is 2. The monoisotopic (exact) mass is 396 g/mol. The summed E-state index contributed by atoms with van der Waals surface area (Å²) < 4.78 is 0.826. The lowest BCUT2D eigenvalue weighted by atomic mass is 10.2. The van der Waals surface area contributed by atoms with E-state index in [-0.39, 0.29) is 11.6 Å². The summed E-state index contributed by atoms with van der Waals surface area (Å²) in [4.78, 5) is 20.8. The third kappa shape index (κ3) is 4.22. The fourth-order valence-electron chi connectivity index (χ4n) is 2.27. The molecule has 0 aliphatic rings. The molecule has 1 heterocycles. The molecule has 0 spiro atoms. The van der Waals surface area contributed by atoms with E-state index in [0.29, 0.717) is 11.5 Å². The van der Waals surface area contributed by atoms with Crippen LogP contribution in [-0.4, -0.2) is 15.9 Å². The Labute approximate surface area is 154 Å². The highest BCUT2D eigenvalue weighted by atomic mass is 79.9. The van der Waals surface area contributed by atoms with E-state index in [4.69, 9.17) is 0 Å². The molecule has 3 aromatic rings. The van der Waals surface area contributed by atoms with E-state index < -0.39 is 0 Å². The highest BCUT2D eigenvalue weighted by Gasteiger charge is 2.11. The lowest BCUT2D eigenvalue weighted by molar-refractivity contribution is 0.102. The van der Waals surface area contributed by atoms with Crippen molar-refractivity contribution in [1.29, 1.82) is 0 Å². The van der Waals surface area contributed by atoms with Crippen LogP contribution in [0.3, 0.4) is 0 Å². The van der Waals surface area contributed by atoms with Crippen molar-refractivity contribution in [3.63, 3.8) is 0 Å². The van der Waals surface area contributed by atoms with E-state index in [1.54, 1.807) is 6.20 Å². The van der Waals surface area contributed by atoms with Gasteiger partial charge in [-0.15, -0.1) is 0 Å². The summed E-state index contributed by atoms with van der Waals surface area (Å²) in [5, 5.41) is 6.01. The summed E-state index contributed by atoms with van der Waals surface area (Å²) >= 11 is 3.44. The molecule has 1 amide bonds. The second-order valence-electron chi connectivity index (χ2n) is 5.66. The van der Waals surface area contributed by atoms with Crippen LogP contribution in [0.15, 0.2) is 59.3 Å². The third-order valence-corrected chi connectivity index (χ3v) is 4.32. The van der Waals surface area contributed by atoms with E-state index in [1.165, 1.54) is 6.20 Å². The maximum absolute atomic E-state index is 12.3. The quantitative estimate of drug-likeness (QED) is 0.661. The number of nitrogens with zero attached hydrogens (tertiary/aromatic N) is 2. The second kappa shape index (κ2) is 7.44. The molecule has 0 fully saturated rings. The zero-order chi connectivity index (χ0) is 17.8. The standard InChI is InChI=1S/C19H17BrN4O/c1-12-7-8-16(14(20)9-12)24-19(25)17-10-22-18(11-21-17)23-15-6-4-3-5-13(15)2/h3-11H,1-2H3,(H,22,23)(H,24,25). The molecule has 2 N–H and O–H groups in total. The minimum absolute atomic E-state index is 0.253. The molecule has 3 rings (SSSR count). The first-order valence-electron chi connectivity index (χ1n) is 7.75. The van der Waals surface area contributed by atoms with Gasteiger partial charge < -0.3 is 10.6 Å². The van der Waals surface area contributed by atoms with Crippen molar-refractivity contribution in [2.75, 3.05) is 10.6 Å². The molecule has 25 heavy (non-hydrogen) atoms. The first kappa shape index (κ1) is 17.1. The van der Waals surface area contributed by atoms with Gasteiger partial charge in [-0.25, -0.2) is 9.97 Å². The highest BCUT2D eigenvalue weighted by molar-refractivity contribution is 9.10. The Morgan fingerprint density at radius 1 is 1.00 bits per heavy atom. The maximum Gasteiger partial charge on any atom is 0.275 e. The van der Waals surface area contributed by atoms with Crippen molar-refractivity contribution in [2.24, 2.45) is 0 Å². The van der Waals surface area contributed by atoms with Gasteiger partial charge in [0, 0.05) is 10.2 Å². The predicted molar refractivity (Wildman–Crippen MR) is 103 cm³/mol. The summed E-state index contributed by atoms with van der Waals surface area (Å²) in [6.45, 7) is 4.00. The van der Waals surface area contributed by atoms with Crippen molar-refractivity contribution in [3.05, 3.63) is 76.2 Å². The van der Waals surface area contributed by atoms with Gasteiger partial charge >= 0.3 is 0 Å². The number of carbonyl (C=O) groups excluding carboxylic acids is 1. The van der Waals surface area contributed by atoms with Crippen molar-refractivity contribution in [1.82, 2.24) is 9.97 Å². The number of benzene rings is 2. The molecular weight excluding hydrogens is 380 g/mol. The average Bonchev–Trinajstić information content (AvgIpc) is 2.60. The average molecular weight is 397 g/mol. The normalized spacial score (nSPS) is 10.4. The van der Waals surface area contributed by atoms with E-state index in [9.17, 15) is 4.79 Å². The summed E-state index contributed by atoms with van der Waals surface area (Å²) in [6.07, 6.45) is 3.00. The number of para-hydroxylation sites is 1. The minimum atomic E-state index is -0.306. The van der Waals surface area contributed by atoms with Crippen LogP contribution < -0.4 is 10.6 Å². The molecule has 6 heteroatoms. The van der Waals surface area contributed by atoms with Crippen LogP contribution in [0.1, 0.15) is 21.6 Å². The molecule has 0 aliphatic heterocycles. The number of carbonyl (C=O) groups is 1. The molecule has 0 atom stereocenters. The first-order valence-corrected chi connectivity index (χ1v) is 8.54. The molecule has 0 saturated carbocycles. The van der Waals surface area contributed by atoms with Gasteiger partial charge in [0.15, 0.2) is 0 Å². The largest absolute Gasteiger partial charge is 0.339 e. The molecule has 5 nitrogen and oxygen atoms in total. The first-order chi connectivity index (χ1) is 12.0. The fourth-order valence-corrected chi connectivity index (χ4v) is 2.86. The van der Waals surface area contributed by atoms with E-state index in [0.717, 1.165) is 21.3 Å². The topological polar surface area (TPSA) is 66.9 Å². The SMILES string of the molecule is Cc1ccc(NC(=O)c2cnc(Nc3ccccc3C)cn2)c(Br)c1. The Hall–Kier alpha value is -2.73. The van der Waals surface area contributed by atoms with Gasteiger partial charge in [0.25, 0.3) is 5.91 Å². The van der Waals surface area contributed by atoms with Gasteiger partial charge in [-0.3, -0.25) is 4.79 Å². The predicted octanol–water partition coefficient (Wildman–Crippen LogP) is 4.85. The van der Waals surface area contributed by atoms with Gasteiger partial charge in [0.1, 0.15) is 11.5 Å². The number of hydrogen-bond acceptors (Lipinski definition) is 4. The number of amides is 1. The zero-order valence-corrected chi connectivity index (χ0v) is 15.5. The molecule has 0 bridgehead atoms. The number of rotatable bonds is 4. The van der Waals surface area contributed by atoms with Crippen molar-refractivity contribution in [3.8, 4) is 0 Å². The summed E-state index contributed by atoms with van der Waals surface area (Å²) in [6, 6.07) is 13.6. The van der Waals surface area contributed by atoms with Gasteiger partial charge in [-0.2, -0.15) is 0 Å². The number of halogens is 1. The number of nitrogens with one attached hydrogen (secondary N) is 2. The molecule has 1 aromatic heterocycles. The zero-order valence-electron chi connectivity index (χ0n) is 13.9. The Bertz CT molecular complexity index is 910. The molecule has 0 radical (unpaired) electrons. The second-order valence-corrected chi connectivity index (χ2v) is 6.52. The lowest BCUT2D eigenvalue weighted by Crippen LogP contribution is -2.14. The van der Waals surface area contributed by atoms with Crippen LogP contribution >= 0.6 is 15.9 Å². The number of aromatic nitrogens is 2. The van der Waals surface area contributed by atoms with Crippen LogP contribution in [0, 0.1) is 13.8 Å². The van der Waals surface area contributed by atoms with E-state index in [1.807, 2.05) is 56.3 Å². The lowest BCUT2D eigenvalue weighted by Gasteiger charge is -2.09. The fraction of sp³-hybridized carbons (Fsp3) is 0.105. The van der Waals surface area contributed by atoms with Crippen LogP contribution in [0.5, 0.6) is 0 Å². The Kier molecular flexibility index (Phi) is 5.09. The Balaban J connectivity index is 1.71. The molecular formula is C19H17BrN4O. The van der Waals surface area contributed by atoms with Crippen molar-refractivity contribution < 1.29 is 4.79 Å². The summed E-state index contributed by atoms with van der Waals surface area (Å²) in [5.41, 5.74) is 4.12.